The summed E-state index contributed by atoms with van der Waals surface area (Å²) in [5.41, 5.74) is 1.75. The number of guanidine groups is 1. The van der Waals surface area contributed by atoms with Crippen LogP contribution < -0.4 is 10.6 Å². The number of hydrogen-bond acceptors (Lipinski definition) is 2. The number of benzene rings is 1. The highest BCUT2D eigenvalue weighted by Gasteiger charge is 2.21. The van der Waals surface area contributed by atoms with Gasteiger partial charge < -0.3 is 15.5 Å². The van der Waals surface area contributed by atoms with Crippen LogP contribution in [0.3, 0.4) is 0 Å². The summed E-state index contributed by atoms with van der Waals surface area (Å²) in [7, 11) is 3.88. The fraction of sp³-hybridized carbons (Fsp3) is 0.588. The summed E-state index contributed by atoms with van der Waals surface area (Å²) >= 11 is 0. The fourth-order valence-electron chi connectivity index (χ4n) is 2.26. The van der Waals surface area contributed by atoms with Crippen LogP contribution in [0.5, 0.6) is 0 Å². The van der Waals surface area contributed by atoms with Crippen LogP contribution in [-0.2, 0) is 13.1 Å². The van der Waals surface area contributed by atoms with E-state index in [0.29, 0.717) is 18.7 Å². The number of nitrogens with one attached hydrogen (secondary N) is 2. The third-order valence-electron chi connectivity index (χ3n) is 3.62. The topological polar surface area (TPSA) is 39.7 Å². The predicted molar refractivity (Wildman–Crippen MR) is 89.3 cm³/mol. The van der Waals surface area contributed by atoms with Gasteiger partial charge in [-0.3, -0.25) is 0 Å². The van der Waals surface area contributed by atoms with Gasteiger partial charge in [0.15, 0.2) is 5.96 Å². The molecule has 0 amide bonds. The summed E-state index contributed by atoms with van der Waals surface area (Å²) in [4.78, 5) is 6.56. The zero-order valence-corrected chi connectivity index (χ0v) is 13.8. The average molecular weight is 306 g/mol. The van der Waals surface area contributed by atoms with Crippen LogP contribution in [0.2, 0.25) is 0 Å². The quantitative estimate of drug-likeness (QED) is 0.600. The molecule has 0 atom stereocenters. The van der Waals surface area contributed by atoms with E-state index in [4.69, 9.17) is 0 Å². The molecule has 1 aromatic carbocycles. The van der Waals surface area contributed by atoms with E-state index in [1.54, 1.807) is 0 Å². The highest BCUT2D eigenvalue weighted by molar-refractivity contribution is 5.79. The van der Waals surface area contributed by atoms with Crippen molar-refractivity contribution >= 4 is 5.96 Å². The van der Waals surface area contributed by atoms with Gasteiger partial charge >= 0.3 is 0 Å². The highest BCUT2D eigenvalue weighted by atomic mass is 19.1. The van der Waals surface area contributed by atoms with Crippen LogP contribution in [-0.4, -0.2) is 38.0 Å². The summed E-state index contributed by atoms with van der Waals surface area (Å²) in [6, 6.07) is 5.25. The lowest BCUT2D eigenvalue weighted by molar-refractivity contribution is 0.392. The molecule has 2 N–H and O–H groups in total. The monoisotopic (exact) mass is 306 g/mol. The summed E-state index contributed by atoms with van der Waals surface area (Å²) in [6.07, 6.45) is 2.64. The van der Waals surface area contributed by atoms with Crippen LogP contribution in [0.4, 0.5) is 4.39 Å². The molecule has 122 valence electrons. The molecule has 0 radical (unpaired) electrons. The van der Waals surface area contributed by atoms with Crippen molar-refractivity contribution in [3.05, 3.63) is 35.1 Å². The van der Waals surface area contributed by atoms with Gasteiger partial charge in [-0.05, 0) is 57.5 Å². The molecular formula is C17H27FN4. The Morgan fingerprint density at radius 3 is 2.73 bits per heavy atom. The normalized spacial score (nSPS) is 15.2. The Morgan fingerprint density at radius 2 is 2.09 bits per heavy atom. The molecule has 2 rings (SSSR count). The second kappa shape index (κ2) is 8.13. The highest BCUT2D eigenvalue weighted by Crippen LogP contribution is 2.27. The van der Waals surface area contributed by atoms with Gasteiger partial charge in [0.2, 0.25) is 0 Å². The Balaban J connectivity index is 1.98. The first kappa shape index (κ1) is 16.7. The molecule has 0 aromatic heterocycles. The molecule has 0 spiro atoms. The molecule has 1 aromatic rings. The molecule has 0 aliphatic heterocycles. The Morgan fingerprint density at radius 1 is 1.32 bits per heavy atom. The largest absolute Gasteiger partial charge is 0.357 e. The third-order valence-corrected chi connectivity index (χ3v) is 3.62. The first-order valence-electron chi connectivity index (χ1n) is 8.02. The van der Waals surface area contributed by atoms with E-state index in [2.05, 4.69) is 22.5 Å². The number of nitrogens with zero attached hydrogens (tertiary/aromatic N) is 2. The van der Waals surface area contributed by atoms with Crippen molar-refractivity contribution in [1.82, 2.24) is 15.5 Å². The lowest BCUT2D eigenvalue weighted by Crippen LogP contribution is -2.38. The minimum atomic E-state index is -0.153. The molecule has 0 heterocycles. The number of rotatable bonds is 7. The first-order valence-corrected chi connectivity index (χ1v) is 8.02. The maximum absolute atomic E-state index is 13.8. The van der Waals surface area contributed by atoms with Gasteiger partial charge in [0, 0.05) is 25.2 Å². The van der Waals surface area contributed by atoms with E-state index in [0.717, 1.165) is 30.5 Å². The molecule has 1 saturated carbocycles. The van der Waals surface area contributed by atoms with Crippen LogP contribution >= 0.6 is 0 Å². The second-order valence-corrected chi connectivity index (χ2v) is 6.18. The maximum Gasteiger partial charge on any atom is 0.191 e. The Labute approximate surface area is 132 Å². The first-order chi connectivity index (χ1) is 10.6. The van der Waals surface area contributed by atoms with Crippen molar-refractivity contribution in [1.29, 1.82) is 0 Å². The summed E-state index contributed by atoms with van der Waals surface area (Å²) in [6.45, 7) is 5.04. The van der Waals surface area contributed by atoms with E-state index < -0.39 is 0 Å². The van der Waals surface area contributed by atoms with E-state index >= 15 is 0 Å². The fourth-order valence-corrected chi connectivity index (χ4v) is 2.26. The summed E-state index contributed by atoms with van der Waals surface area (Å²) in [5.74, 6) is 1.49. The molecule has 1 aliphatic rings. The minimum absolute atomic E-state index is 0.153. The van der Waals surface area contributed by atoms with E-state index in [1.807, 2.05) is 31.1 Å². The number of hydrogen-bond donors (Lipinski definition) is 2. The van der Waals surface area contributed by atoms with Gasteiger partial charge in [0.1, 0.15) is 5.82 Å². The molecule has 0 bridgehead atoms. The van der Waals surface area contributed by atoms with E-state index in [-0.39, 0.29) is 5.82 Å². The molecular weight excluding hydrogens is 279 g/mol. The molecule has 1 fully saturated rings. The Bertz CT molecular complexity index is 509. The minimum Gasteiger partial charge on any atom is -0.357 e. The smallest absolute Gasteiger partial charge is 0.191 e. The number of halogens is 1. The summed E-state index contributed by atoms with van der Waals surface area (Å²) in [5, 5.41) is 6.62. The van der Waals surface area contributed by atoms with Crippen molar-refractivity contribution in [3.63, 3.8) is 0 Å². The number of aliphatic imine (C=N–C) groups is 1. The van der Waals surface area contributed by atoms with Crippen molar-refractivity contribution in [2.45, 2.75) is 32.9 Å². The van der Waals surface area contributed by atoms with Gasteiger partial charge in [-0.25, -0.2) is 9.38 Å². The Kier molecular flexibility index (Phi) is 6.19. The molecule has 0 saturated heterocycles. The van der Waals surface area contributed by atoms with Crippen molar-refractivity contribution in [2.75, 3.05) is 27.2 Å². The molecule has 22 heavy (non-hydrogen) atoms. The van der Waals surface area contributed by atoms with Crippen molar-refractivity contribution in [2.24, 2.45) is 10.9 Å². The predicted octanol–water partition coefficient (Wildman–Crippen LogP) is 2.35. The van der Waals surface area contributed by atoms with Crippen LogP contribution in [0.15, 0.2) is 23.2 Å². The van der Waals surface area contributed by atoms with Gasteiger partial charge in [0.05, 0.1) is 6.54 Å². The van der Waals surface area contributed by atoms with Gasteiger partial charge in [-0.2, -0.15) is 0 Å². The van der Waals surface area contributed by atoms with Crippen LogP contribution in [0.25, 0.3) is 0 Å². The second-order valence-electron chi connectivity index (χ2n) is 6.18. The zero-order chi connectivity index (χ0) is 15.9. The van der Waals surface area contributed by atoms with Crippen molar-refractivity contribution < 1.29 is 4.39 Å². The molecule has 4 nitrogen and oxygen atoms in total. The van der Waals surface area contributed by atoms with Crippen molar-refractivity contribution in [3.8, 4) is 0 Å². The van der Waals surface area contributed by atoms with Gasteiger partial charge in [-0.15, -0.1) is 0 Å². The summed E-state index contributed by atoms with van der Waals surface area (Å²) < 4.78 is 13.8. The Hall–Kier alpha value is -1.62. The van der Waals surface area contributed by atoms with E-state index in [1.165, 1.54) is 18.9 Å². The standard InChI is InChI=1S/C17H27FN4/c1-4-19-17(20-10-13-5-6-13)21-11-14-7-8-16(18)15(9-14)12-22(2)3/h7-9,13H,4-6,10-12H2,1-3H3,(H2,19,20,21). The molecule has 5 heteroatoms. The molecule has 0 unspecified atom stereocenters. The maximum atomic E-state index is 13.8. The van der Waals surface area contributed by atoms with Crippen LogP contribution in [0, 0.1) is 11.7 Å². The lowest BCUT2D eigenvalue weighted by Gasteiger charge is -2.13. The SMILES string of the molecule is CCNC(=NCc1ccc(F)c(CN(C)C)c1)NCC1CC1. The zero-order valence-electron chi connectivity index (χ0n) is 13.8. The van der Waals surface area contributed by atoms with Gasteiger partial charge in [0.25, 0.3) is 0 Å². The average Bonchev–Trinajstić information content (AvgIpc) is 3.29. The molecule has 1 aliphatic carbocycles. The third kappa shape index (κ3) is 5.64. The van der Waals surface area contributed by atoms with E-state index in [9.17, 15) is 4.39 Å². The lowest BCUT2D eigenvalue weighted by atomic mass is 10.1. The van der Waals surface area contributed by atoms with Gasteiger partial charge in [-0.1, -0.05) is 6.07 Å². The van der Waals surface area contributed by atoms with Crippen LogP contribution in [0.1, 0.15) is 30.9 Å².